The van der Waals surface area contributed by atoms with Crippen LogP contribution in [0.25, 0.3) is 0 Å². The molecule has 18 heavy (non-hydrogen) atoms. The quantitative estimate of drug-likeness (QED) is 0.493. The van der Waals surface area contributed by atoms with Crippen LogP contribution in [0.2, 0.25) is 12.1 Å². The van der Waals surface area contributed by atoms with Crippen molar-refractivity contribution in [3.63, 3.8) is 0 Å². The minimum Gasteiger partial charge on any atom is -0.465 e. The predicted octanol–water partition coefficient (Wildman–Crippen LogP) is 2.91. The summed E-state index contributed by atoms with van der Waals surface area (Å²) in [5.41, 5.74) is 0. The highest BCUT2D eigenvalue weighted by Gasteiger charge is 2.32. The number of carbonyl (C=O) groups is 1. The first-order valence-electron chi connectivity index (χ1n) is 6.63. The molecule has 0 fully saturated rings. The summed E-state index contributed by atoms with van der Waals surface area (Å²) < 4.78 is 11.1. The molecule has 6 heteroatoms. The SMILES string of the molecule is CCN(CCCCC[Si](CC)(OC)OC)C(=O)O. The fourth-order valence-electron chi connectivity index (χ4n) is 2.02. The lowest BCUT2D eigenvalue weighted by Gasteiger charge is -2.26. The molecule has 0 unspecified atom stereocenters. The molecule has 1 amide bonds. The zero-order valence-electron chi connectivity index (χ0n) is 12.1. The normalized spacial score (nSPS) is 11.6. The van der Waals surface area contributed by atoms with E-state index in [1.807, 2.05) is 6.92 Å². The molecule has 0 bridgehead atoms. The summed E-state index contributed by atoms with van der Waals surface area (Å²) in [6.45, 7) is 5.13. The number of hydrogen-bond acceptors (Lipinski definition) is 3. The second-order valence-corrected chi connectivity index (χ2v) is 8.19. The number of rotatable bonds is 10. The van der Waals surface area contributed by atoms with E-state index in [4.69, 9.17) is 14.0 Å². The Morgan fingerprint density at radius 2 is 1.78 bits per heavy atom. The van der Waals surface area contributed by atoms with Crippen molar-refractivity contribution in [2.24, 2.45) is 0 Å². The van der Waals surface area contributed by atoms with Gasteiger partial charge in [0.1, 0.15) is 0 Å². The summed E-state index contributed by atoms with van der Waals surface area (Å²) >= 11 is 0. The van der Waals surface area contributed by atoms with Crippen LogP contribution in [0.1, 0.15) is 33.1 Å². The van der Waals surface area contributed by atoms with E-state index in [0.29, 0.717) is 13.1 Å². The molecule has 5 nitrogen and oxygen atoms in total. The van der Waals surface area contributed by atoms with E-state index >= 15 is 0 Å². The maximum atomic E-state index is 10.8. The molecule has 0 saturated heterocycles. The third kappa shape index (κ3) is 5.84. The fourth-order valence-corrected chi connectivity index (χ4v) is 4.31. The monoisotopic (exact) mass is 277 g/mol. The third-order valence-corrected chi connectivity index (χ3v) is 7.10. The lowest BCUT2D eigenvalue weighted by Crippen LogP contribution is -2.38. The van der Waals surface area contributed by atoms with E-state index in [1.165, 1.54) is 4.90 Å². The predicted molar refractivity (Wildman–Crippen MR) is 74.2 cm³/mol. The summed E-state index contributed by atoms with van der Waals surface area (Å²) in [4.78, 5) is 12.2. The Morgan fingerprint density at radius 3 is 2.17 bits per heavy atom. The number of unbranched alkanes of at least 4 members (excludes halogenated alkanes) is 2. The van der Waals surface area contributed by atoms with Crippen molar-refractivity contribution >= 4 is 14.7 Å². The Hall–Kier alpha value is -0.593. The maximum absolute atomic E-state index is 10.8. The Kier molecular flexibility index (Phi) is 9.04. The Bertz CT molecular complexity index is 226. The van der Waals surface area contributed by atoms with Gasteiger partial charge in [-0.05, 0) is 25.4 Å². The summed E-state index contributed by atoms with van der Waals surface area (Å²) in [6, 6.07) is 1.94. The molecule has 1 N–H and O–H groups in total. The Balaban J connectivity index is 3.82. The number of carboxylic acid groups (broad SMARTS) is 1. The van der Waals surface area contributed by atoms with Crippen LogP contribution in [0.15, 0.2) is 0 Å². The van der Waals surface area contributed by atoms with Gasteiger partial charge in [0.05, 0.1) is 0 Å². The zero-order chi connectivity index (χ0) is 14.0. The van der Waals surface area contributed by atoms with E-state index in [0.717, 1.165) is 31.4 Å². The molecule has 0 spiro atoms. The Morgan fingerprint density at radius 1 is 1.17 bits per heavy atom. The van der Waals surface area contributed by atoms with Gasteiger partial charge < -0.3 is 18.9 Å². The highest BCUT2D eigenvalue weighted by atomic mass is 28.4. The molecule has 0 aromatic rings. The molecule has 0 heterocycles. The molecule has 0 saturated carbocycles. The minimum absolute atomic E-state index is 0.555. The smallest absolute Gasteiger partial charge is 0.407 e. The lowest BCUT2D eigenvalue weighted by molar-refractivity contribution is 0.146. The van der Waals surface area contributed by atoms with Crippen molar-refractivity contribution in [2.45, 2.75) is 45.2 Å². The van der Waals surface area contributed by atoms with E-state index in [9.17, 15) is 4.79 Å². The first kappa shape index (κ1) is 17.4. The molecule has 0 aliphatic heterocycles. The number of nitrogens with zero attached hydrogens (tertiary/aromatic N) is 1. The van der Waals surface area contributed by atoms with Gasteiger partial charge >= 0.3 is 14.7 Å². The first-order chi connectivity index (χ1) is 8.55. The van der Waals surface area contributed by atoms with Gasteiger partial charge in [-0.3, -0.25) is 0 Å². The van der Waals surface area contributed by atoms with Gasteiger partial charge in [-0.1, -0.05) is 19.8 Å². The van der Waals surface area contributed by atoms with Crippen LogP contribution in [0.5, 0.6) is 0 Å². The second kappa shape index (κ2) is 9.35. The van der Waals surface area contributed by atoms with Crippen LogP contribution in [-0.4, -0.2) is 52.0 Å². The summed E-state index contributed by atoms with van der Waals surface area (Å²) in [6.07, 6.45) is 2.13. The molecule has 0 aromatic carbocycles. The van der Waals surface area contributed by atoms with Gasteiger partial charge in [0.15, 0.2) is 0 Å². The molecule has 108 valence electrons. The van der Waals surface area contributed by atoms with Crippen LogP contribution in [-0.2, 0) is 8.85 Å². The molecule has 0 aromatic heterocycles. The van der Waals surface area contributed by atoms with Gasteiger partial charge in [-0.2, -0.15) is 0 Å². The maximum Gasteiger partial charge on any atom is 0.407 e. The van der Waals surface area contributed by atoms with E-state index in [2.05, 4.69) is 6.92 Å². The number of hydrogen-bond donors (Lipinski definition) is 1. The molecule has 0 rings (SSSR count). The van der Waals surface area contributed by atoms with Crippen LogP contribution in [0, 0.1) is 0 Å². The topological polar surface area (TPSA) is 59.0 Å². The average Bonchev–Trinajstić information content (AvgIpc) is 2.38. The highest BCUT2D eigenvalue weighted by Crippen LogP contribution is 2.20. The Labute approximate surface area is 111 Å². The van der Waals surface area contributed by atoms with E-state index in [-0.39, 0.29) is 0 Å². The summed E-state index contributed by atoms with van der Waals surface area (Å²) in [5.74, 6) is 0. The summed E-state index contributed by atoms with van der Waals surface area (Å²) in [7, 11) is 1.49. The largest absolute Gasteiger partial charge is 0.465 e. The molecule has 0 aliphatic carbocycles. The minimum atomic E-state index is -1.95. The molecule has 0 aliphatic rings. The van der Waals surface area contributed by atoms with Crippen molar-refractivity contribution in [1.29, 1.82) is 0 Å². The fraction of sp³-hybridized carbons (Fsp3) is 0.917. The first-order valence-corrected chi connectivity index (χ1v) is 8.86. The van der Waals surface area contributed by atoms with Crippen molar-refractivity contribution in [3.8, 4) is 0 Å². The van der Waals surface area contributed by atoms with Crippen molar-refractivity contribution in [2.75, 3.05) is 27.3 Å². The van der Waals surface area contributed by atoms with Crippen LogP contribution < -0.4 is 0 Å². The van der Waals surface area contributed by atoms with Crippen molar-refractivity contribution < 1.29 is 18.8 Å². The highest BCUT2D eigenvalue weighted by molar-refractivity contribution is 6.67. The van der Waals surface area contributed by atoms with Crippen LogP contribution >= 0.6 is 0 Å². The van der Waals surface area contributed by atoms with Gasteiger partial charge in [-0.15, -0.1) is 0 Å². The lowest BCUT2D eigenvalue weighted by atomic mass is 10.2. The van der Waals surface area contributed by atoms with Crippen molar-refractivity contribution in [3.05, 3.63) is 0 Å². The van der Waals surface area contributed by atoms with Crippen LogP contribution in [0.3, 0.4) is 0 Å². The third-order valence-electron chi connectivity index (χ3n) is 3.42. The molecular formula is C12H27NO4Si. The second-order valence-electron chi connectivity index (χ2n) is 4.35. The van der Waals surface area contributed by atoms with Crippen LogP contribution in [0.4, 0.5) is 4.79 Å². The van der Waals surface area contributed by atoms with Gasteiger partial charge in [0.2, 0.25) is 0 Å². The number of amides is 1. The van der Waals surface area contributed by atoms with E-state index < -0.39 is 14.7 Å². The van der Waals surface area contributed by atoms with Gasteiger partial charge in [-0.25, -0.2) is 4.79 Å². The van der Waals surface area contributed by atoms with Crippen molar-refractivity contribution in [1.82, 2.24) is 4.90 Å². The zero-order valence-corrected chi connectivity index (χ0v) is 13.1. The van der Waals surface area contributed by atoms with Gasteiger partial charge in [0.25, 0.3) is 0 Å². The molecular weight excluding hydrogens is 250 g/mol. The van der Waals surface area contributed by atoms with Gasteiger partial charge in [0, 0.05) is 27.3 Å². The average molecular weight is 277 g/mol. The van der Waals surface area contributed by atoms with E-state index in [1.54, 1.807) is 14.2 Å². The summed E-state index contributed by atoms with van der Waals surface area (Å²) in [5, 5.41) is 8.87. The molecule has 0 radical (unpaired) electrons. The standard InChI is InChI=1S/C12H27NO4Si/c1-5-13(12(14)15)10-8-7-9-11-18(6-2,16-3)17-4/h5-11H2,1-4H3,(H,14,15). The molecule has 0 atom stereocenters.